The molecule has 0 saturated heterocycles. The van der Waals surface area contributed by atoms with Gasteiger partial charge >= 0.3 is 0 Å². The molecule has 0 aromatic carbocycles. The molecule has 1 aliphatic rings. The van der Waals surface area contributed by atoms with Crippen LogP contribution in [0.3, 0.4) is 0 Å². The maximum Gasteiger partial charge on any atom is 0.135 e. The van der Waals surface area contributed by atoms with Crippen LogP contribution >= 0.6 is 11.3 Å². The highest BCUT2D eigenvalue weighted by Crippen LogP contribution is 2.35. The minimum atomic E-state index is -0.946. The first kappa shape index (κ1) is 19.2. The van der Waals surface area contributed by atoms with Crippen LogP contribution in [0.5, 0.6) is 0 Å². The van der Waals surface area contributed by atoms with Crippen molar-refractivity contribution in [2.45, 2.75) is 63.3 Å². The molecule has 0 bridgehead atoms. The molecule has 3 nitrogen and oxygen atoms in total. The van der Waals surface area contributed by atoms with Crippen LogP contribution in [0.25, 0.3) is 0 Å². The molecule has 0 radical (unpaired) electrons. The lowest BCUT2D eigenvalue weighted by molar-refractivity contribution is -0.00219. The van der Waals surface area contributed by atoms with Gasteiger partial charge in [0, 0.05) is 12.6 Å². The Morgan fingerprint density at radius 1 is 1.15 bits per heavy atom. The summed E-state index contributed by atoms with van der Waals surface area (Å²) in [6.45, 7) is 9.30. The number of rotatable bonds is 12. The highest BCUT2D eigenvalue weighted by molar-refractivity contribution is 7.07. The maximum atomic E-state index is 11.1. The summed E-state index contributed by atoms with van der Waals surface area (Å²) in [5.74, 6) is 1.60. The van der Waals surface area contributed by atoms with Gasteiger partial charge in [-0.05, 0) is 73.0 Å². The molecular weight excluding hydrogens is 342 g/mol. The molecule has 1 aliphatic carbocycles. The van der Waals surface area contributed by atoms with Crippen LogP contribution in [0, 0.1) is 0 Å². The number of hydrogen-bond acceptors (Lipinski definition) is 4. The van der Waals surface area contributed by atoms with Crippen molar-refractivity contribution in [3.05, 3.63) is 71.4 Å². The molecule has 0 aliphatic heterocycles. The summed E-state index contributed by atoms with van der Waals surface area (Å²) in [4.78, 5) is 2.48. The highest BCUT2D eigenvalue weighted by atomic mass is 32.1. The first-order valence-electron chi connectivity index (χ1n) is 9.43. The molecule has 0 amide bonds. The molecule has 2 aromatic heterocycles. The Balaban J connectivity index is 1.70. The molecule has 3 rings (SSSR count). The second kappa shape index (κ2) is 8.85. The standard InChI is InChI=1S/C22H29NO2S/c1-3-5-12-22(24,13-6-4-2)21-10-9-20(25-21)16-23(19-7-8-19)15-18-11-14-26-17-18/h3-4,9-11,14,17,19,24H,1-2,5-8,12-13,15-16H2. The Hall–Kier alpha value is -1.62. The molecule has 26 heavy (non-hydrogen) atoms. The zero-order valence-corrected chi connectivity index (χ0v) is 16.2. The molecule has 2 aromatic rings. The monoisotopic (exact) mass is 371 g/mol. The fourth-order valence-corrected chi connectivity index (χ4v) is 4.00. The van der Waals surface area contributed by atoms with E-state index in [4.69, 9.17) is 4.42 Å². The van der Waals surface area contributed by atoms with E-state index in [1.165, 1.54) is 18.4 Å². The largest absolute Gasteiger partial charge is 0.462 e. The molecule has 4 heteroatoms. The molecule has 0 spiro atoms. The summed E-state index contributed by atoms with van der Waals surface area (Å²) in [5.41, 5.74) is 0.417. The Morgan fingerprint density at radius 2 is 1.88 bits per heavy atom. The predicted molar refractivity (Wildman–Crippen MR) is 108 cm³/mol. The topological polar surface area (TPSA) is 36.6 Å². The average Bonchev–Trinajstić information content (AvgIpc) is 3.15. The van der Waals surface area contributed by atoms with Crippen molar-refractivity contribution < 1.29 is 9.52 Å². The number of aliphatic hydroxyl groups is 1. The van der Waals surface area contributed by atoms with E-state index < -0.39 is 5.60 Å². The average molecular weight is 372 g/mol. The van der Waals surface area contributed by atoms with Gasteiger partial charge in [0.05, 0.1) is 6.54 Å². The maximum absolute atomic E-state index is 11.1. The number of thiophene rings is 1. The zero-order valence-electron chi connectivity index (χ0n) is 15.4. The van der Waals surface area contributed by atoms with Gasteiger partial charge in [-0.1, -0.05) is 12.2 Å². The predicted octanol–water partition coefficient (Wildman–Crippen LogP) is 5.63. The van der Waals surface area contributed by atoms with Crippen LogP contribution in [0.2, 0.25) is 0 Å². The fraction of sp³-hybridized carbons (Fsp3) is 0.455. The first-order chi connectivity index (χ1) is 12.6. The van der Waals surface area contributed by atoms with E-state index in [1.807, 2.05) is 24.3 Å². The van der Waals surface area contributed by atoms with Gasteiger partial charge in [0.15, 0.2) is 0 Å². The number of nitrogens with zero attached hydrogens (tertiary/aromatic N) is 1. The lowest BCUT2D eigenvalue weighted by atomic mass is 9.89. The van der Waals surface area contributed by atoms with Crippen molar-refractivity contribution in [2.75, 3.05) is 0 Å². The smallest absolute Gasteiger partial charge is 0.135 e. The number of allylic oxidation sites excluding steroid dienone is 2. The molecule has 0 unspecified atom stereocenters. The summed E-state index contributed by atoms with van der Waals surface area (Å²) < 4.78 is 6.11. The second-order valence-electron chi connectivity index (χ2n) is 7.22. The molecule has 1 N–H and O–H groups in total. The van der Waals surface area contributed by atoms with Crippen LogP contribution in [-0.2, 0) is 18.7 Å². The third-order valence-electron chi connectivity index (χ3n) is 5.03. The van der Waals surface area contributed by atoms with E-state index in [1.54, 1.807) is 11.3 Å². The first-order valence-corrected chi connectivity index (χ1v) is 10.4. The Labute approximate surface area is 160 Å². The van der Waals surface area contributed by atoms with Crippen LogP contribution in [0.4, 0.5) is 0 Å². The van der Waals surface area contributed by atoms with E-state index in [-0.39, 0.29) is 0 Å². The quantitative estimate of drug-likeness (QED) is 0.492. The summed E-state index contributed by atoms with van der Waals surface area (Å²) >= 11 is 1.74. The summed E-state index contributed by atoms with van der Waals surface area (Å²) in [6, 6.07) is 6.81. The highest BCUT2D eigenvalue weighted by Gasteiger charge is 2.33. The summed E-state index contributed by atoms with van der Waals surface area (Å²) in [7, 11) is 0. The van der Waals surface area contributed by atoms with E-state index in [2.05, 4.69) is 34.9 Å². The summed E-state index contributed by atoms with van der Waals surface area (Å²) in [6.07, 6.45) is 8.99. The molecule has 1 fully saturated rings. The molecule has 2 heterocycles. The van der Waals surface area contributed by atoms with E-state index in [9.17, 15) is 5.11 Å². The lowest BCUT2D eigenvalue weighted by Gasteiger charge is -2.25. The minimum absolute atomic E-state index is 0.624. The van der Waals surface area contributed by atoms with E-state index in [0.717, 1.165) is 31.7 Å². The van der Waals surface area contributed by atoms with Gasteiger partial charge in [0.2, 0.25) is 0 Å². The van der Waals surface area contributed by atoms with Gasteiger partial charge in [-0.3, -0.25) is 4.90 Å². The van der Waals surface area contributed by atoms with Crippen molar-refractivity contribution in [1.29, 1.82) is 0 Å². The van der Waals surface area contributed by atoms with Crippen LogP contribution in [0.1, 0.15) is 55.6 Å². The normalized spacial score (nSPS) is 14.7. The minimum Gasteiger partial charge on any atom is -0.462 e. The van der Waals surface area contributed by atoms with E-state index >= 15 is 0 Å². The molecule has 140 valence electrons. The Morgan fingerprint density at radius 3 is 2.46 bits per heavy atom. The van der Waals surface area contributed by atoms with Gasteiger partial charge in [0.1, 0.15) is 17.1 Å². The van der Waals surface area contributed by atoms with Gasteiger partial charge in [0.25, 0.3) is 0 Å². The second-order valence-corrected chi connectivity index (χ2v) is 8.00. The number of hydrogen-bond donors (Lipinski definition) is 1. The Kier molecular flexibility index (Phi) is 6.52. The Bertz CT molecular complexity index is 688. The van der Waals surface area contributed by atoms with Crippen molar-refractivity contribution in [2.24, 2.45) is 0 Å². The van der Waals surface area contributed by atoms with Crippen molar-refractivity contribution in [3.63, 3.8) is 0 Å². The zero-order chi connectivity index (χ0) is 18.4. The lowest BCUT2D eigenvalue weighted by Crippen LogP contribution is -2.25. The van der Waals surface area contributed by atoms with Gasteiger partial charge in [-0.25, -0.2) is 0 Å². The van der Waals surface area contributed by atoms with Crippen LogP contribution < -0.4 is 0 Å². The third kappa shape index (κ3) is 4.97. The van der Waals surface area contributed by atoms with Crippen molar-refractivity contribution >= 4 is 11.3 Å². The summed E-state index contributed by atoms with van der Waals surface area (Å²) in [5, 5.41) is 15.5. The van der Waals surface area contributed by atoms with Crippen LogP contribution in [0.15, 0.2) is 58.7 Å². The van der Waals surface area contributed by atoms with Gasteiger partial charge in [-0.15, -0.1) is 13.2 Å². The molecular formula is C22H29NO2S. The third-order valence-corrected chi connectivity index (χ3v) is 5.76. The van der Waals surface area contributed by atoms with E-state index in [0.29, 0.717) is 24.6 Å². The number of furan rings is 1. The van der Waals surface area contributed by atoms with Crippen molar-refractivity contribution in [3.8, 4) is 0 Å². The van der Waals surface area contributed by atoms with Gasteiger partial charge in [-0.2, -0.15) is 11.3 Å². The van der Waals surface area contributed by atoms with Gasteiger partial charge < -0.3 is 9.52 Å². The molecule has 1 saturated carbocycles. The van der Waals surface area contributed by atoms with Crippen LogP contribution in [-0.4, -0.2) is 16.0 Å². The fourth-order valence-electron chi connectivity index (χ4n) is 3.34. The van der Waals surface area contributed by atoms with Crippen molar-refractivity contribution in [1.82, 2.24) is 4.90 Å². The molecule has 0 atom stereocenters. The SMILES string of the molecule is C=CCCC(O)(CCC=C)c1ccc(CN(Cc2ccsc2)C2CC2)o1.